The van der Waals surface area contributed by atoms with Gasteiger partial charge in [-0.2, -0.15) is 0 Å². The molecule has 2 unspecified atom stereocenters. The van der Waals surface area contributed by atoms with Crippen LogP contribution in [-0.2, 0) is 11.3 Å². The topological polar surface area (TPSA) is 65.0 Å². The predicted octanol–water partition coefficient (Wildman–Crippen LogP) is 2.85. The highest BCUT2D eigenvalue weighted by atomic mass is 127. The first-order valence-corrected chi connectivity index (χ1v) is 11.2. The molecule has 170 valence electrons. The molecule has 2 saturated heterocycles. The smallest absolute Gasteiger partial charge is 0.191 e. The summed E-state index contributed by atoms with van der Waals surface area (Å²) >= 11 is 0. The summed E-state index contributed by atoms with van der Waals surface area (Å²) in [5, 5.41) is 6.91. The number of nitrogens with one attached hydrogen (secondary N) is 2. The molecule has 8 heteroatoms. The average Bonchev–Trinajstić information content (AvgIpc) is 2.76. The quantitative estimate of drug-likeness (QED) is 0.321. The number of likely N-dealkylation sites (tertiary alicyclic amines) is 1. The minimum absolute atomic E-state index is 0. The van der Waals surface area contributed by atoms with Gasteiger partial charge in [0.25, 0.3) is 0 Å². The Morgan fingerprint density at radius 3 is 2.93 bits per heavy atom. The van der Waals surface area contributed by atoms with Crippen molar-refractivity contribution in [2.45, 2.75) is 58.2 Å². The van der Waals surface area contributed by atoms with Gasteiger partial charge in [-0.1, -0.05) is 13.3 Å². The van der Waals surface area contributed by atoms with Gasteiger partial charge in [0.15, 0.2) is 5.96 Å². The van der Waals surface area contributed by atoms with E-state index in [9.17, 15) is 0 Å². The van der Waals surface area contributed by atoms with E-state index in [1.165, 1.54) is 37.8 Å². The largest absolute Gasteiger partial charge is 0.375 e. The van der Waals surface area contributed by atoms with Crippen LogP contribution in [0.15, 0.2) is 23.3 Å². The number of halogens is 1. The molecule has 2 aliphatic rings. The van der Waals surface area contributed by atoms with Gasteiger partial charge >= 0.3 is 0 Å². The number of morpholine rings is 1. The molecule has 0 saturated carbocycles. The summed E-state index contributed by atoms with van der Waals surface area (Å²) in [5.41, 5.74) is 1.21. The van der Waals surface area contributed by atoms with E-state index in [1.807, 2.05) is 13.2 Å². The zero-order chi connectivity index (χ0) is 20.5. The molecule has 7 nitrogen and oxygen atoms in total. The fourth-order valence-corrected chi connectivity index (χ4v) is 4.31. The van der Waals surface area contributed by atoms with Crippen LogP contribution >= 0.6 is 24.0 Å². The van der Waals surface area contributed by atoms with Crippen LogP contribution in [0.1, 0.15) is 45.1 Å². The fraction of sp³-hybridized carbons (Fsp3) is 0.727. The SMILES string of the molecule is CCC1CCCCN1CCNC(=NC)NCc1ccnc(N2CCOC(C)C2)c1.I. The lowest BCUT2D eigenvalue weighted by Crippen LogP contribution is -2.45. The third-order valence-electron chi connectivity index (χ3n) is 5.97. The van der Waals surface area contributed by atoms with Crippen LogP contribution in [-0.4, -0.2) is 74.4 Å². The molecular formula is C22H39IN6O. The molecule has 0 aromatic carbocycles. The van der Waals surface area contributed by atoms with Gasteiger partial charge in [-0.05, 0) is 50.4 Å². The van der Waals surface area contributed by atoms with E-state index in [0.29, 0.717) is 0 Å². The summed E-state index contributed by atoms with van der Waals surface area (Å²) < 4.78 is 5.64. The second kappa shape index (κ2) is 13.3. The Kier molecular flexibility index (Phi) is 11.2. The monoisotopic (exact) mass is 530 g/mol. The van der Waals surface area contributed by atoms with Crippen molar-refractivity contribution >= 4 is 35.8 Å². The standard InChI is InChI=1S/C22H38N6O.HI/c1-4-20-7-5-6-11-27(20)12-10-25-22(23-3)26-16-19-8-9-24-21(15-19)28-13-14-29-18(2)17-28;/h8-9,15,18,20H,4-7,10-14,16-17H2,1-3H3,(H2,23,25,26);1H. The number of piperidine rings is 1. The van der Waals surface area contributed by atoms with E-state index >= 15 is 0 Å². The van der Waals surface area contributed by atoms with Crippen LogP contribution in [0.3, 0.4) is 0 Å². The maximum absolute atomic E-state index is 5.64. The lowest BCUT2D eigenvalue weighted by atomic mass is 10.0. The van der Waals surface area contributed by atoms with E-state index in [2.05, 4.69) is 56.4 Å². The van der Waals surface area contributed by atoms with Gasteiger partial charge in [-0.15, -0.1) is 24.0 Å². The summed E-state index contributed by atoms with van der Waals surface area (Å²) in [5.74, 6) is 1.88. The molecule has 0 amide bonds. The molecule has 3 rings (SSSR count). The van der Waals surface area contributed by atoms with Gasteiger partial charge in [-0.3, -0.25) is 9.89 Å². The molecular weight excluding hydrogens is 491 g/mol. The molecule has 2 atom stereocenters. The zero-order valence-corrected chi connectivity index (χ0v) is 21.1. The fourth-order valence-electron chi connectivity index (χ4n) is 4.31. The van der Waals surface area contributed by atoms with Crippen molar-refractivity contribution < 1.29 is 4.74 Å². The number of guanidine groups is 1. The Balaban J connectivity index is 0.00000320. The zero-order valence-electron chi connectivity index (χ0n) is 18.8. The first kappa shape index (κ1) is 25.1. The number of nitrogens with zero attached hydrogens (tertiary/aromatic N) is 4. The molecule has 0 bridgehead atoms. The third kappa shape index (κ3) is 7.53. The minimum Gasteiger partial charge on any atom is -0.375 e. The van der Waals surface area contributed by atoms with Gasteiger partial charge in [0.05, 0.1) is 12.7 Å². The molecule has 0 spiro atoms. The minimum atomic E-state index is 0. The van der Waals surface area contributed by atoms with Gasteiger partial charge < -0.3 is 20.3 Å². The van der Waals surface area contributed by atoms with Crippen LogP contribution in [0.25, 0.3) is 0 Å². The number of anilines is 1. The van der Waals surface area contributed by atoms with Gasteiger partial charge in [0.1, 0.15) is 5.82 Å². The van der Waals surface area contributed by atoms with Crippen LogP contribution in [0.5, 0.6) is 0 Å². The highest BCUT2D eigenvalue weighted by molar-refractivity contribution is 14.0. The first-order chi connectivity index (χ1) is 14.2. The van der Waals surface area contributed by atoms with Crippen molar-refractivity contribution in [2.24, 2.45) is 4.99 Å². The Morgan fingerprint density at radius 1 is 1.30 bits per heavy atom. The van der Waals surface area contributed by atoms with Crippen molar-refractivity contribution in [3.05, 3.63) is 23.9 Å². The number of ether oxygens (including phenoxy) is 1. The van der Waals surface area contributed by atoms with Crippen molar-refractivity contribution in [3.8, 4) is 0 Å². The second-order valence-electron chi connectivity index (χ2n) is 8.10. The number of rotatable bonds is 7. The number of pyridine rings is 1. The Hall–Kier alpha value is -1.13. The Morgan fingerprint density at radius 2 is 2.17 bits per heavy atom. The molecule has 3 heterocycles. The lowest BCUT2D eigenvalue weighted by molar-refractivity contribution is 0.0529. The molecule has 2 fully saturated rings. The predicted molar refractivity (Wildman–Crippen MR) is 135 cm³/mol. The van der Waals surface area contributed by atoms with Crippen molar-refractivity contribution in [2.75, 3.05) is 51.3 Å². The maximum atomic E-state index is 5.64. The molecule has 0 aliphatic carbocycles. The van der Waals surface area contributed by atoms with Crippen LogP contribution < -0.4 is 15.5 Å². The normalized spacial score (nSPS) is 23.0. The molecule has 1 aromatic rings. The van der Waals surface area contributed by atoms with Crippen LogP contribution in [0.2, 0.25) is 0 Å². The van der Waals surface area contributed by atoms with Gasteiger partial charge in [0.2, 0.25) is 0 Å². The van der Waals surface area contributed by atoms with E-state index in [4.69, 9.17) is 4.74 Å². The maximum Gasteiger partial charge on any atom is 0.191 e. The molecule has 1 aromatic heterocycles. The Bertz CT molecular complexity index is 658. The van der Waals surface area contributed by atoms with Crippen LogP contribution in [0.4, 0.5) is 5.82 Å². The van der Waals surface area contributed by atoms with Crippen molar-refractivity contribution in [3.63, 3.8) is 0 Å². The van der Waals surface area contributed by atoms with Gasteiger partial charge in [0, 0.05) is 52.0 Å². The highest BCUT2D eigenvalue weighted by Gasteiger charge is 2.20. The number of hydrogen-bond acceptors (Lipinski definition) is 5. The molecule has 30 heavy (non-hydrogen) atoms. The van der Waals surface area contributed by atoms with Crippen molar-refractivity contribution in [1.82, 2.24) is 20.5 Å². The summed E-state index contributed by atoms with van der Waals surface area (Å²) in [4.78, 5) is 13.9. The average molecular weight is 530 g/mol. The van der Waals surface area contributed by atoms with Crippen molar-refractivity contribution in [1.29, 1.82) is 0 Å². The summed E-state index contributed by atoms with van der Waals surface area (Å²) in [6.45, 7) is 10.9. The summed E-state index contributed by atoms with van der Waals surface area (Å²) in [7, 11) is 1.83. The Labute approximate surface area is 199 Å². The van der Waals surface area contributed by atoms with E-state index in [-0.39, 0.29) is 30.1 Å². The molecule has 0 radical (unpaired) electrons. The number of aliphatic imine (C=N–C) groups is 1. The van der Waals surface area contributed by atoms with Crippen LogP contribution in [0, 0.1) is 0 Å². The number of hydrogen-bond donors (Lipinski definition) is 2. The lowest BCUT2D eigenvalue weighted by Gasteiger charge is -2.35. The highest BCUT2D eigenvalue weighted by Crippen LogP contribution is 2.18. The van der Waals surface area contributed by atoms with E-state index < -0.39 is 0 Å². The second-order valence-corrected chi connectivity index (χ2v) is 8.10. The summed E-state index contributed by atoms with van der Waals surface area (Å²) in [6.07, 6.45) is 7.44. The summed E-state index contributed by atoms with van der Waals surface area (Å²) in [6, 6.07) is 4.98. The van der Waals surface area contributed by atoms with E-state index in [0.717, 1.165) is 57.1 Å². The van der Waals surface area contributed by atoms with Gasteiger partial charge in [-0.25, -0.2) is 4.98 Å². The molecule has 2 aliphatic heterocycles. The van der Waals surface area contributed by atoms with E-state index in [1.54, 1.807) is 0 Å². The molecule has 2 N–H and O–H groups in total. The number of aromatic nitrogens is 1. The first-order valence-electron chi connectivity index (χ1n) is 11.2. The third-order valence-corrected chi connectivity index (χ3v) is 5.97.